The lowest BCUT2D eigenvalue weighted by Gasteiger charge is -2.37. The van der Waals surface area contributed by atoms with Crippen molar-refractivity contribution in [3.8, 4) is 0 Å². The Labute approximate surface area is 119 Å². The van der Waals surface area contributed by atoms with Crippen LogP contribution in [-0.2, 0) is 4.74 Å². The molecular formula is C16H32N2O. The summed E-state index contributed by atoms with van der Waals surface area (Å²) in [4.78, 5) is 2.71. The summed E-state index contributed by atoms with van der Waals surface area (Å²) >= 11 is 0. The summed E-state index contributed by atoms with van der Waals surface area (Å²) in [6.07, 6.45) is 8.02. The van der Waals surface area contributed by atoms with E-state index in [1.807, 2.05) is 0 Å². The molecular weight excluding hydrogens is 236 g/mol. The maximum atomic E-state index is 5.25. The number of hydrogen-bond donors (Lipinski definition) is 1. The Bertz CT molecular complexity index is 272. The molecule has 0 atom stereocenters. The molecule has 112 valence electrons. The quantitative estimate of drug-likeness (QED) is 0.829. The van der Waals surface area contributed by atoms with Crippen LogP contribution in [0.3, 0.4) is 0 Å². The first-order valence-electron chi connectivity index (χ1n) is 8.02. The maximum absolute atomic E-state index is 5.25. The summed E-state index contributed by atoms with van der Waals surface area (Å²) in [7, 11) is 1.81. The highest BCUT2D eigenvalue weighted by atomic mass is 16.5. The van der Waals surface area contributed by atoms with Crippen LogP contribution in [-0.4, -0.2) is 50.3 Å². The summed E-state index contributed by atoms with van der Waals surface area (Å²) in [6, 6.07) is 0. The highest BCUT2D eigenvalue weighted by Gasteiger charge is 2.37. The number of rotatable bonds is 5. The average Bonchev–Trinajstić information content (AvgIpc) is 2.71. The molecule has 1 aliphatic heterocycles. The molecule has 1 N–H and O–H groups in total. The fraction of sp³-hybridized carbons (Fsp3) is 1.00. The number of nitrogens with zero attached hydrogens (tertiary/aromatic N) is 1. The van der Waals surface area contributed by atoms with Crippen LogP contribution < -0.4 is 5.32 Å². The Morgan fingerprint density at radius 3 is 2.63 bits per heavy atom. The van der Waals surface area contributed by atoms with Crippen molar-refractivity contribution in [1.82, 2.24) is 10.2 Å². The van der Waals surface area contributed by atoms with Crippen LogP contribution in [0.5, 0.6) is 0 Å². The van der Waals surface area contributed by atoms with E-state index >= 15 is 0 Å². The molecule has 2 fully saturated rings. The largest absolute Gasteiger partial charge is 0.385 e. The predicted octanol–water partition coefficient (Wildman–Crippen LogP) is 2.66. The van der Waals surface area contributed by atoms with Gasteiger partial charge < -0.3 is 15.0 Å². The molecule has 1 saturated heterocycles. The lowest BCUT2D eigenvalue weighted by atomic mass is 9.88. The van der Waals surface area contributed by atoms with E-state index in [4.69, 9.17) is 4.74 Å². The second-order valence-corrected chi connectivity index (χ2v) is 7.39. The molecule has 3 heteroatoms. The van der Waals surface area contributed by atoms with E-state index in [2.05, 4.69) is 24.1 Å². The van der Waals surface area contributed by atoms with E-state index in [-0.39, 0.29) is 0 Å². The third-order valence-electron chi connectivity index (χ3n) is 4.87. The monoisotopic (exact) mass is 268 g/mol. The molecule has 1 heterocycles. The normalized spacial score (nSPS) is 24.8. The smallest absolute Gasteiger partial charge is 0.0467 e. The van der Waals surface area contributed by atoms with Gasteiger partial charge in [0.1, 0.15) is 0 Å². The van der Waals surface area contributed by atoms with Gasteiger partial charge in [-0.25, -0.2) is 0 Å². The van der Waals surface area contributed by atoms with Crippen molar-refractivity contribution in [2.45, 2.75) is 57.9 Å². The number of methoxy groups -OCH3 is 1. The van der Waals surface area contributed by atoms with Crippen molar-refractivity contribution < 1.29 is 4.74 Å². The number of hydrogen-bond acceptors (Lipinski definition) is 3. The lowest BCUT2D eigenvalue weighted by Crippen LogP contribution is -2.50. The second kappa shape index (κ2) is 6.55. The highest BCUT2D eigenvalue weighted by molar-refractivity contribution is 4.97. The zero-order valence-electron chi connectivity index (χ0n) is 13.1. The van der Waals surface area contributed by atoms with Gasteiger partial charge in [-0.1, -0.05) is 26.7 Å². The van der Waals surface area contributed by atoms with Crippen LogP contribution in [0.4, 0.5) is 0 Å². The van der Waals surface area contributed by atoms with E-state index < -0.39 is 0 Å². The predicted molar refractivity (Wildman–Crippen MR) is 80.5 cm³/mol. The summed E-state index contributed by atoms with van der Waals surface area (Å²) in [5.41, 5.74) is 0.800. The van der Waals surface area contributed by atoms with Crippen molar-refractivity contribution in [2.75, 3.05) is 39.9 Å². The van der Waals surface area contributed by atoms with Crippen molar-refractivity contribution >= 4 is 0 Å². The minimum absolute atomic E-state index is 0.361. The molecule has 2 rings (SSSR count). The Morgan fingerprint density at radius 2 is 1.95 bits per heavy atom. The first-order valence-corrected chi connectivity index (χ1v) is 8.02. The van der Waals surface area contributed by atoms with Gasteiger partial charge in [-0.15, -0.1) is 0 Å². The third-order valence-corrected chi connectivity index (χ3v) is 4.87. The van der Waals surface area contributed by atoms with Gasteiger partial charge in [-0.2, -0.15) is 0 Å². The Hall–Kier alpha value is -0.120. The molecule has 0 aromatic carbocycles. The first kappa shape index (κ1) is 15.3. The van der Waals surface area contributed by atoms with Crippen LogP contribution in [0.15, 0.2) is 0 Å². The molecule has 1 aliphatic carbocycles. The molecule has 0 amide bonds. The SMILES string of the molecule is COCCC(C)(C)CN1CCCNC2(CCCC2)C1. The molecule has 1 spiro atoms. The summed E-state index contributed by atoms with van der Waals surface area (Å²) in [5.74, 6) is 0. The topological polar surface area (TPSA) is 24.5 Å². The van der Waals surface area contributed by atoms with E-state index in [0.29, 0.717) is 11.0 Å². The average molecular weight is 268 g/mol. The zero-order chi connectivity index (χ0) is 13.8. The van der Waals surface area contributed by atoms with Crippen molar-refractivity contribution in [2.24, 2.45) is 5.41 Å². The van der Waals surface area contributed by atoms with Gasteiger partial charge >= 0.3 is 0 Å². The van der Waals surface area contributed by atoms with Crippen LogP contribution in [0.1, 0.15) is 52.4 Å². The van der Waals surface area contributed by atoms with E-state index in [9.17, 15) is 0 Å². The van der Waals surface area contributed by atoms with Crippen LogP contribution in [0, 0.1) is 5.41 Å². The number of nitrogens with one attached hydrogen (secondary N) is 1. The fourth-order valence-electron chi connectivity index (χ4n) is 3.80. The van der Waals surface area contributed by atoms with Crippen LogP contribution >= 0.6 is 0 Å². The van der Waals surface area contributed by atoms with Gasteiger partial charge in [0.25, 0.3) is 0 Å². The second-order valence-electron chi connectivity index (χ2n) is 7.39. The molecule has 3 nitrogen and oxygen atoms in total. The lowest BCUT2D eigenvalue weighted by molar-refractivity contribution is 0.105. The molecule has 0 unspecified atom stereocenters. The van der Waals surface area contributed by atoms with Gasteiger partial charge in [0.2, 0.25) is 0 Å². The van der Waals surface area contributed by atoms with Crippen molar-refractivity contribution in [1.29, 1.82) is 0 Å². The van der Waals surface area contributed by atoms with E-state index in [1.54, 1.807) is 7.11 Å². The molecule has 0 aromatic rings. The Kier molecular flexibility index (Phi) is 5.27. The van der Waals surface area contributed by atoms with Gasteiger partial charge in [-0.05, 0) is 44.2 Å². The maximum Gasteiger partial charge on any atom is 0.0467 e. The first-order chi connectivity index (χ1) is 9.05. The molecule has 0 aromatic heterocycles. The fourth-order valence-corrected chi connectivity index (χ4v) is 3.80. The number of ether oxygens (including phenoxy) is 1. The molecule has 19 heavy (non-hydrogen) atoms. The molecule has 0 bridgehead atoms. The zero-order valence-corrected chi connectivity index (χ0v) is 13.1. The summed E-state index contributed by atoms with van der Waals surface area (Å²) in [6.45, 7) is 10.6. The van der Waals surface area contributed by atoms with Gasteiger partial charge in [0, 0.05) is 32.3 Å². The van der Waals surface area contributed by atoms with Crippen molar-refractivity contribution in [3.05, 3.63) is 0 Å². The van der Waals surface area contributed by atoms with Gasteiger partial charge in [-0.3, -0.25) is 0 Å². The Balaban J connectivity index is 1.91. The minimum atomic E-state index is 0.361. The molecule has 2 aliphatic rings. The van der Waals surface area contributed by atoms with E-state index in [1.165, 1.54) is 58.3 Å². The third kappa shape index (κ3) is 4.44. The highest BCUT2D eigenvalue weighted by Crippen LogP contribution is 2.33. The van der Waals surface area contributed by atoms with Gasteiger partial charge in [0.05, 0.1) is 0 Å². The van der Waals surface area contributed by atoms with Crippen LogP contribution in [0.25, 0.3) is 0 Å². The van der Waals surface area contributed by atoms with Crippen LogP contribution in [0.2, 0.25) is 0 Å². The minimum Gasteiger partial charge on any atom is -0.385 e. The summed E-state index contributed by atoms with van der Waals surface area (Å²) in [5, 5.41) is 3.85. The van der Waals surface area contributed by atoms with Crippen molar-refractivity contribution in [3.63, 3.8) is 0 Å². The standard InChI is InChI=1S/C16H32N2O/c1-15(2,9-12-19-3)13-18-11-6-10-17-16(14-18)7-4-5-8-16/h17H,4-14H2,1-3H3. The molecule has 0 radical (unpaired) electrons. The van der Waals surface area contributed by atoms with Gasteiger partial charge in [0.15, 0.2) is 0 Å². The Morgan fingerprint density at radius 1 is 1.21 bits per heavy atom. The summed E-state index contributed by atoms with van der Waals surface area (Å²) < 4.78 is 5.25. The van der Waals surface area contributed by atoms with E-state index in [0.717, 1.165) is 13.0 Å². The molecule has 1 saturated carbocycles.